The van der Waals surface area contributed by atoms with Gasteiger partial charge in [0.05, 0.1) is 11.0 Å². The molecule has 0 aliphatic heterocycles. The van der Waals surface area contributed by atoms with E-state index in [9.17, 15) is 0 Å². The first kappa shape index (κ1) is 32.0. The molecule has 0 spiro atoms. The van der Waals surface area contributed by atoms with Crippen molar-refractivity contribution in [1.82, 2.24) is 4.57 Å². The van der Waals surface area contributed by atoms with Crippen LogP contribution >= 0.6 is 0 Å². The maximum Gasteiger partial charge on any atom is 0.143 e. The fourth-order valence-electron chi connectivity index (χ4n) is 8.47. The zero-order chi connectivity index (χ0) is 37.0. The molecule has 0 unspecified atom stereocenters. The van der Waals surface area contributed by atoms with Crippen molar-refractivity contribution in [1.29, 1.82) is 0 Å². The summed E-state index contributed by atoms with van der Waals surface area (Å²) in [7, 11) is 0. The van der Waals surface area contributed by atoms with Crippen molar-refractivity contribution in [3.63, 3.8) is 0 Å². The average Bonchev–Trinajstić information content (AvgIpc) is 3.82. The van der Waals surface area contributed by atoms with E-state index in [1.165, 1.54) is 49.6 Å². The average molecular weight is 714 g/mol. The SMILES string of the molecule is c1ccc(-c2cccc(-c3cc(-c4ccc5c6cc(-c7ccccc7)ccc6n(-c6ccccc6)c5c4)cc(-c4cccc5c4oc4ccccc45)c3)c2)cc1. The van der Waals surface area contributed by atoms with Crippen molar-refractivity contribution in [2.75, 3.05) is 0 Å². The molecule has 0 saturated carbocycles. The van der Waals surface area contributed by atoms with Crippen LogP contribution in [0.1, 0.15) is 0 Å². The van der Waals surface area contributed by atoms with Gasteiger partial charge in [0.25, 0.3) is 0 Å². The van der Waals surface area contributed by atoms with Crippen LogP contribution in [0.25, 0.3) is 105 Å². The Labute approximate surface area is 325 Å². The molecule has 2 heterocycles. The van der Waals surface area contributed by atoms with E-state index in [2.05, 4.69) is 211 Å². The van der Waals surface area contributed by atoms with Crippen LogP contribution in [0.3, 0.4) is 0 Å². The molecule has 0 N–H and O–H groups in total. The van der Waals surface area contributed by atoms with Crippen LogP contribution in [0.15, 0.2) is 217 Å². The number of fused-ring (bicyclic) bond motifs is 6. The molecule has 0 saturated heterocycles. The lowest BCUT2D eigenvalue weighted by Gasteiger charge is -2.13. The zero-order valence-electron chi connectivity index (χ0n) is 30.6. The van der Waals surface area contributed by atoms with Gasteiger partial charge in [-0.1, -0.05) is 152 Å². The molecule has 0 radical (unpaired) electrons. The molecule has 11 rings (SSSR count). The number of benzene rings is 9. The quantitative estimate of drug-likeness (QED) is 0.168. The number of hydrogen-bond donors (Lipinski definition) is 0. The van der Waals surface area contributed by atoms with E-state index in [1.807, 2.05) is 6.07 Å². The van der Waals surface area contributed by atoms with E-state index in [0.717, 1.165) is 55.4 Å². The summed E-state index contributed by atoms with van der Waals surface area (Å²) in [5, 5.41) is 4.72. The van der Waals surface area contributed by atoms with Crippen molar-refractivity contribution in [2.24, 2.45) is 0 Å². The van der Waals surface area contributed by atoms with Crippen molar-refractivity contribution in [3.05, 3.63) is 212 Å². The fraction of sp³-hybridized carbons (Fsp3) is 0. The van der Waals surface area contributed by atoms with Crippen molar-refractivity contribution in [2.45, 2.75) is 0 Å². The standard InChI is InChI=1S/C54H35NO/c1-4-14-36(15-5-1)38-18-12-19-39(30-38)42-31-43(33-44(32-42)46-23-13-24-49-48-22-10-11-25-53(48)56-54(46)49)41-26-28-47-50-34-40(37-16-6-2-7-17-37)27-29-51(50)55(52(47)35-41)45-20-8-3-9-21-45/h1-35H. The van der Waals surface area contributed by atoms with E-state index in [0.29, 0.717) is 0 Å². The van der Waals surface area contributed by atoms with Crippen LogP contribution in [0.5, 0.6) is 0 Å². The molecule has 9 aromatic carbocycles. The summed E-state index contributed by atoms with van der Waals surface area (Å²) < 4.78 is 9.01. The highest BCUT2D eigenvalue weighted by Crippen LogP contribution is 2.42. The van der Waals surface area contributed by atoms with E-state index in [4.69, 9.17) is 4.42 Å². The fourth-order valence-corrected chi connectivity index (χ4v) is 8.47. The largest absolute Gasteiger partial charge is 0.455 e. The summed E-state index contributed by atoms with van der Waals surface area (Å²) >= 11 is 0. The van der Waals surface area contributed by atoms with Gasteiger partial charge in [-0.2, -0.15) is 0 Å². The zero-order valence-corrected chi connectivity index (χ0v) is 30.6. The summed E-state index contributed by atoms with van der Waals surface area (Å²) in [5.74, 6) is 0. The van der Waals surface area contributed by atoms with Gasteiger partial charge in [-0.25, -0.2) is 0 Å². The molecule has 0 amide bonds. The van der Waals surface area contributed by atoms with Crippen LogP contribution in [0.4, 0.5) is 0 Å². The number of furan rings is 1. The molecule has 0 aliphatic carbocycles. The van der Waals surface area contributed by atoms with Crippen LogP contribution in [0, 0.1) is 0 Å². The second-order valence-corrected chi connectivity index (χ2v) is 14.5. The van der Waals surface area contributed by atoms with Crippen LogP contribution < -0.4 is 0 Å². The number of rotatable bonds is 6. The third-order valence-electron chi connectivity index (χ3n) is 11.2. The number of hydrogen-bond acceptors (Lipinski definition) is 1. The van der Waals surface area contributed by atoms with Gasteiger partial charge >= 0.3 is 0 Å². The number of para-hydroxylation sites is 3. The normalized spacial score (nSPS) is 11.6. The highest BCUT2D eigenvalue weighted by molar-refractivity contribution is 6.12. The minimum absolute atomic E-state index is 0.900. The third-order valence-corrected chi connectivity index (χ3v) is 11.2. The minimum Gasteiger partial charge on any atom is -0.455 e. The molecule has 0 bridgehead atoms. The van der Waals surface area contributed by atoms with E-state index < -0.39 is 0 Å². The van der Waals surface area contributed by atoms with Crippen molar-refractivity contribution < 1.29 is 4.42 Å². The molecule has 11 aromatic rings. The predicted molar refractivity (Wildman–Crippen MR) is 235 cm³/mol. The predicted octanol–water partition coefficient (Wildman–Crippen LogP) is 15.0. The molecule has 2 nitrogen and oxygen atoms in total. The van der Waals surface area contributed by atoms with Crippen molar-refractivity contribution in [3.8, 4) is 61.3 Å². The van der Waals surface area contributed by atoms with Crippen molar-refractivity contribution >= 4 is 43.7 Å². The lowest BCUT2D eigenvalue weighted by Crippen LogP contribution is -1.93. The highest BCUT2D eigenvalue weighted by atomic mass is 16.3. The molecule has 262 valence electrons. The lowest BCUT2D eigenvalue weighted by molar-refractivity contribution is 0.670. The van der Waals surface area contributed by atoms with Gasteiger partial charge in [0, 0.05) is 32.8 Å². The number of aromatic nitrogens is 1. The van der Waals surface area contributed by atoms with Gasteiger partial charge < -0.3 is 8.98 Å². The lowest BCUT2D eigenvalue weighted by atomic mass is 9.91. The first-order valence-corrected chi connectivity index (χ1v) is 19.2. The minimum atomic E-state index is 0.900. The molecular formula is C54H35NO. The third kappa shape index (κ3) is 5.42. The highest BCUT2D eigenvalue weighted by Gasteiger charge is 2.18. The van der Waals surface area contributed by atoms with Crippen LogP contribution in [0.2, 0.25) is 0 Å². The summed E-state index contributed by atoms with van der Waals surface area (Å²) in [6.07, 6.45) is 0. The summed E-state index contributed by atoms with van der Waals surface area (Å²) in [6, 6.07) is 76.5. The Morgan fingerprint density at radius 2 is 0.821 bits per heavy atom. The summed E-state index contributed by atoms with van der Waals surface area (Å²) in [5.41, 5.74) is 16.9. The van der Waals surface area contributed by atoms with E-state index in [-0.39, 0.29) is 0 Å². The van der Waals surface area contributed by atoms with E-state index >= 15 is 0 Å². The molecule has 0 aliphatic rings. The monoisotopic (exact) mass is 713 g/mol. The van der Waals surface area contributed by atoms with Gasteiger partial charge in [0.1, 0.15) is 11.2 Å². The maximum atomic E-state index is 6.60. The Morgan fingerprint density at radius 1 is 0.286 bits per heavy atom. The van der Waals surface area contributed by atoms with Gasteiger partial charge in [-0.3, -0.25) is 0 Å². The molecule has 2 heteroatoms. The van der Waals surface area contributed by atoms with Crippen LogP contribution in [-0.4, -0.2) is 4.57 Å². The van der Waals surface area contributed by atoms with E-state index in [1.54, 1.807) is 0 Å². The molecule has 0 fully saturated rings. The topological polar surface area (TPSA) is 18.1 Å². The Bertz CT molecular complexity index is 3230. The smallest absolute Gasteiger partial charge is 0.143 e. The first-order valence-electron chi connectivity index (χ1n) is 19.2. The molecule has 0 atom stereocenters. The second kappa shape index (κ2) is 13.2. The summed E-state index contributed by atoms with van der Waals surface area (Å²) in [6.45, 7) is 0. The summed E-state index contributed by atoms with van der Waals surface area (Å²) in [4.78, 5) is 0. The Morgan fingerprint density at radius 3 is 1.57 bits per heavy atom. The van der Waals surface area contributed by atoms with Gasteiger partial charge in [-0.05, 0) is 111 Å². The Kier molecular flexibility index (Phi) is 7.53. The second-order valence-electron chi connectivity index (χ2n) is 14.5. The maximum absolute atomic E-state index is 6.60. The van der Waals surface area contributed by atoms with Crippen LogP contribution in [-0.2, 0) is 0 Å². The Hall–Kier alpha value is -7.42. The van der Waals surface area contributed by atoms with Gasteiger partial charge in [0.15, 0.2) is 0 Å². The Balaban J connectivity index is 1.15. The van der Waals surface area contributed by atoms with Gasteiger partial charge in [0.2, 0.25) is 0 Å². The molecule has 56 heavy (non-hydrogen) atoms. The first-order chi connectivity index (χ1) is 27.7. The van der Waals surface area contributed by atoms with Gasteiger partial charge in [-0.15, -0.1) is 0 Å². The molecular weight excluding hydrogens is 679 g/mol. The number of nitrogens with zero attached hydrogens (tertiary/aromatic N) is 1. The molecule has 2 aromatic heterocycles.